The van der Waals surface area contributed by atoms with Crippen LogP contribution in [0.25, 0.3) is 17.0 Å². The van der Waals surface area contributed by atoms with Gasteiger partial charge >= 0.3 is 5.97 Å². The van der Waals surface area contributed by atoms with Crippen LogP contribution in [0, 0.1) is 0 Å². The minimum atomic E-state index is -0.396. The summed E-state index contributed by atoms with van der Waals surface area (Å²) in [4.78, 5) is 22.6. The summed E-state index contributed by atoms with van der Waals surface area (Å²) in [5.74, 6) is -0.396. The van der Waals surface area contributed by atoms with E-state index in [9.17, 15) is 9.59 Å². The highest BCUT2D eigenvalue weighted by Gasteiger charge is 2.00. The number of carbonyl (C=O) groups excluding carboxylic acids is 1. The number of ether oxygens (including phenoxy) is 1. The molecule has 0 aliphatic carbocycles. The highest BCUT2D eigenvalue weighted by atomic mass is 16.5. The van der Waals surface area contributed by atoms with Crippen molar-refractivity contribution in [3.8, 4) is 0 Å². The molecule has 4 heteroatoms. The Hall–Kier alpha value is -2.36. The standard InChI is InChI=1S/C14H12O4/c1-2-17-14(16)6-4-10-3-5-11-12(15)7-8-18-13(11)9-10/h3-9H,2H2,1H3/b6-4+. The number of hydrogen-bond acceptors (Lipinski definition) is 4. The maximum Gasteiger partial charge on any atom is 0.330 e. The van der Waals surface area contributed by atoms with Crippen LogP contribution in [0.2, 0.25) is 0 Å². The fourth-order valence-electron chi connectivity index (χ4n) is 1.56. The van der Waals surface area contributed by atoms with E-state index in [1.165, 1.54) is 18.4 Å². The predicted octanol–water partition coefficient (Wildman–Crippen LogP) is 2.37. The summed E-state index contributed by atoms with van der Waals surface area (Å²) in [6.45, 7) is 2.09. The van der Waals surface area contributed by atoms with Gasteiger partial charge in [-0.1, -0.05) is 6.07 Å². The Labute approximate surface area is 103 Å². The van der Waals surface area contributed by atoms with Gasteiger partial charge in [0, 0.05) is 12.1 Å². The fourth-order valence-corrected chi connectivity index (χ4v) is 1.56. The highest BCUT2D eigenvalue weighted by Crippen LogP contribution is 2.13. The normalized spacial score (nSPS) is 10.9. The summed E-state index contributed by atoms with van der Waals surface area (Å²) in [6, 6.07) is 6.49. The van der Waals surface area contributed by atoms with Crippen LogP contribution in [0.3, 0.4) is 0 Å². The van der Waals surface area contributed by atoms with Crippen molar-refractivity contribution >= 4 is 23.0 Å². The van der Waals surface area contributed by atoms with Gasteiger partial charge in [0.2, 0.25) is 0 Å². The molecule has 92 valence electrons. The molecule has 0 radical (unpaired) electrons. The second-order valence-corrected chi connectivity index (χ2v) is 3.63. The van der Waals surface area contributed by atoms with Crippen LogP contribution >= 0.6 is 0 Å². The molecule has 1 aromatic carbocycles. The van der Waals surface area contributed by atoms with Crippen LogP contribution in [0.1, 0.15) is 12.5 Å². The number of carbonyl (C=O) groups is 1. The first kappa shape index (κ1) is 12.1. The zero-order valence-electron chi connectivity index (χ0n) is 9.88. The fraction of sp³-hybridized carbons (Fsp3) is 0.143. The van der Waals surface area contributed by atoms with Gasteiger partial charge in [-0.3, -0.25) is 4.79 Å². The van der Waals surface area contributed by atoms with E-state index < -0.39 is 5.97 Å². The molecule has 0 atom stereocenters. The number of fused-ring (bicyclic) bond motifs is 1. The molecule has 1 aromatic heterocycles. The van der Waals surface area contributed by atoms with Crippen molar-refractivity contribution in [3.05, 3.63) is 52.4 Å². The second-order valence-electron chi connectivity index (χ2n) is 3.63. The molecule has 2 aromatic rings. The minimum Gasteiger partial charge on any atom is -0.464 e. The molecule has 0 spiro atoms. The monoisotopic (exact) mass is 244 g/mol. The topological polar surface area (TPSA) is 56.5 Å². The Morgan fingerprint density at radius 2 is 2.22 bits per heavy atom. The van der Waals surface area contributed by atoms with Crippen molar-refractivity contribution < 1.29 is 13.9 Å². The van der Waals surface area contributed by atoms with Crippen molar-refractivity contribution in [2.24, 2.45) is 0 Å². The summed E-state index contributed by atoms with van der Waals surface area (Å²) in [6.07, 6.45) is 4.31. The molecular weight excluding hydrogens is 232 g/mol. The van der Waals surface area contributed by atoms with Crippen molar-refractivity contribution in [3.63, 3.8) is 0 Å². The van der Waals surface area contributed by atoms with E-state index >= 15 is 0 Å². The summed E-state index contributed by atoms with van der Waals surface area (Å²) in [5.41, 5.74) is 1.18. The maximum absolute atomic E-state index is 11.5. The van der Waals surface area contributed by atoms with Crippen molar-refractivity contribution in [1.82, 2.24) is 0 Å². The molecule has 0 saturated heterocycles. The minimum absolute atomic E-state index is 0.0860. The van der Waals surface area contributed by atoms with Gasteiger partial charge in [-0.15, -0.1) is 0 Å². The number of rotatable bonds is 3. The van der Waals surface area contributed by atoms with E-state index in [1.807, 2.05) is 0 Å². The van der Waals surface area contributed by atoms with Crippen LogP contribution in [0.15, 0.2) is 45.8 Å². The molecular formula is C14H12O4. The third kappa shape index (κ3) is 2.66. The molecule has 0 saturated carbocycles. The van der Waals surface area contributed by atoms with Gasteiger partial charge in [0.05, 0.1) is 18.3 Å². The lowest BCUT2D eigenvalue weighted by Crippen LogP contribution is -1.99. The smallest absolute Gasteiger partial charge is 0.330 e. The molecule has 0 fully saturated rings. The first-order valence-electron chi connectivity index (χ1n) is 5.57. The van der Waals surface area contributed by atoms with Gasteiger partial charge in [0.25, 0.3) is 0 Å². The predicted molar refractivity (Wildman–Crippen MR) is 68.2 cm³/mol. The maximum atomic E-state index is 11.5. The van der Waals surface area contributed by atoms with Gasteiger partial charge in [-0.25, -0.2) is 4.79 Å². The molecule has 0 unspecified atom stereocenters. The van der Waals surface area contributed by atoms with E-state index in [4.69, 9.17) is 9.15 Å². The van der Waals surface area contributed by atoms with Gasteiger partial charge in [0.15, 0.2) is 5.43 Å². The summed E-state index contributed by atoms with van der Waals surface area (Å²) < 4.78 is 10.0. The Morgan fingerprint density at radius 3 is 3.00 bits per heavy atom. The van der Waals surface area contributed by atoms with Crippen molar-refractivity contribution in [2.75, 3.05) is 6.61 Å². The highest BCUT2D eigenvalue weighted by molar-refractivity contribution is 5.88. The molecule has 0 amide bonds. The number of hydrogen-bond donors (Lipinski definition) is 0. The van der Waals surface area contributed by atoms with Gasteiger partial charge in [-0.2, -0.15) is 0 Å². The molecule has 0 aliphatic heterocycles. The van der Waals surface area contributed by atoms with Gasteiger partial charge in [-0.05, 0) is 30.7 Å². The molecule has 1 heterocycles. The molecule has 0 aliphatic rings. The van der Waals surface area contributed by atoms with Crippen LogP contribution in [-0.2, 0) is 9.53 Å². The third-order valence-corrected chi connectivity index (χ3v) is 2.38. The van der Waals surface area contributed by atoms with E-state index in [2.05, 4.69) is 0 Å². The Balaban J connectivity index is 2.31. The quantitative estimate of drug-likeness (QED) is 0.614. The van der Waals surface area contributed by atoms with Gasteiger partial charge < -0.3 is 9.15 Å². The Kier molecular flexibility index (Phi) is 3.57. The molecule has 0 N–H and O–H groups in total. The summed E-state index contributed by atoms with van der Waals surface area (Å²) in [5, 5.41) is 0.519. The lowest BCUT2D eigenvalue weighted by molar-refractivity contribution is -0.137. The zero-order chi connectivity index (χ0) is 13.0. The van der Waals surface area contributed by atoms with Gasteiger partial charge in [0.1, 0.15) is 5.58 Å². The SMILES string of the molecule is CCOC(=O)/C=C/c1ccc2c(=O)ccoc2c1. The molecule has 2 rings (SSSR count). The van der Waals surface area contributed by atoms with Crippen LogP contribution in [-0.4, -0.2) is 12.6 Å². The zero-order valence-corrected chi connectivity index (χ0v) is 9.88. The van der Waals surface area contributed by atoms with Crippen LogP contribution in [0.5, 0.6) is 0 Å². The molecule has 4 nitrogen and oxygen atoms in total. The first-order valence-corrected chi connectivity index (χ1v) is 5.57. The summed E-state index contributed by atoms with van der Waals surface area (Å²) in [7, 11) is 0. The van der Waals surface area contributed by atoms with Crippen LogP contribution < -0.4 is 5.43 Å². The van der Waals surface area contributed by atoms with Crippen molar-refractivity contribution in [2.45, 2.75) is 6.92 Å². The largest absolute Gasteiger partial charge is 0.464 e. The number of benzene rings is 1. The average Bonchev–Trinajstić information content (AvgIpc) is 2.37. The van der Waals surface area contributed by atoms with Crippen LogP contribution in [0.4, 0.5) is 0 Å². The molecule has 18 heavy (non-hydrogen) atoms. The molecule has 0 bridgehead atoms. The van der Waals surface area contributed by atoms with E-state index in [0.717, 1.165) is 5.56 Å². The second kappa shape index (κ2) is 5.31. The number of esters is 1. The third-order valence-electron chi connectivity index (χ3n) is 2.38. The van der Waals surface area contributed by atoms with E-state index in [0.29, 0.717) is 17.6 Å². The van der Waals surface area contributed by atoms with Crippen molar-refractivity contribution in [1.29, 1.82) is 0 Å². The average molecular weight is 244 g/mol. The Morgan fingerprint density at radius 1 is 1.39 bits per heavy atom. The van der Waals surface area contributed by atoms with E-state index in [-0.39, 0.29) is 5.43 Å². The lowest BCUT2D eigenvalue weighted by atomic mass is 10.1. The van der Waals surface area contributed by atoms with E-state index in [1.54, 1.807) is 31.2 Å². The first-order chi connectivity index (χ1) is 8.70. The lowest BCUT2D eigenvalue weighted by Gasteiger charge is -1.98. The Bertz CT molecular complexity index is 652. The summed E-state index contributed by atoms with van der Waals surface area (Å²) >= 11 is 0.